The van der Waals surface area contributed by atoms with Gasteiger partial charge in [0, 0.05) is 6.42 Å². The van der Waals surface area contributed by atoms with Crippen LogP contribution in [-0.4, -0.2) is 25.6 Å². The van der Waals surface area contributed by atoms with Crippen LogP contribution in [0.1, 0.15) is 25.8 Å². The zero-order valence-corrected chi connectivity index (χ0v) is 11.0. The Kier molecular flexibility index (Phi) is 4.79. The average molecular weight is 248 g/mol. The molecule has 0 saturated carbocycles. The molecule has 3 heteroatoms. The fourth-order valence-corrected chi connectivity index (χ4v) is 1.79. The summed E-state index contributed by atoms with van der Waals surface area (Å²) in [5, 5.41) is 0. The molecule has 0 radical (unpaired) electrons. The topological polar surface area (TPSA) is 27.7 Å². The van der Waals surface area contributed by atoms with Crippen molar-refractivity contribution in [3.63, 3.8) is 0 Å². The van der Waals surface area contributed by atoms with Crippen molar-refractivity contribution in [2.75, 3.05) is 13.2 Å². The molecule has 1 aliphatic heterocycles. The molecule has 1 aromatic rings. The molecule has 18 heavy (non-hydrogen) atoms. The molecule has 98 valence electrons. The molecule has 0 unspecified atom stereocenters. The maximum absolute atomic E-state index is 5.59. The first-order valence-corrected chi connectivity index (χ1v) is 6.40. The Hall–Kier alpha value is -1.32. The largest absolute Gasteiger partial charge is 0.491 e. The third-order valence-electron chi connectivity index (χ3n) is 2.58. The minimum Gasteiger partial charge on any atom is -0.491 e. The lowest BCUT2D eigenvalue weighted by Crippen LogP contribution is -2.05. The van der Waals surface area contributed by atoms with Gasteiger partial charge in [-0.15, -0.1) is 0 Å². The Bertz CT molecular complexity index is 375. The molecule has 0 aliphatic carbocycles. The van der Waals surface area contributed by atoms with E-state index in [9.17, 15) is 0 Å². The quantitative estimate of drug-likeness (QED) is 0.800. The summed E-state index contributed by atoms with van der Waals surface area (Å²) < 4.78 is 16.3. The maximum Gasteiger partial charge on any atom is 0.161 e. The smallest absolute Gasteiger partial charge is 0.161 e. The summed E-state index contributed by atoms with van der Waals surface area (Å²) in [6.45, 7) is 5.46. The second kappa shape index (κ2) is 6.57. The van der Waals surface area contributed by atoms with Crippen LogP contribution in [0.3, 0.4) is 0 Å². The third kappa shape index (κ3) is 4.17. The zero-order chi connectivity index (χ0) is 12.8. The fraction of sp³-hybridized carbons (Fsp3) is 0.467. The van der Waals surface area contributed by atoms with E-state index >= 15 is 0 Å². The molecule has 1 aromatic carbocycles. The van der Waals surface area contributed by atoms with Crippen molar-refractivity contribution in [2.45, 2.75) is 32.7 Å². The van der Waals surface area contributed by atoms with E-state index in [2.05, 4.69) is 12.2 Å². The lowest BCUT2D eigenvalue weighted by Gasteiger charge is -2.09. The molecule has 0 N–H and O–H groups in total. The molecule has 1 fully saturated rings. The molecule has 0 bridgehead atoms. The predicted molar refractivity (Wildman–Crippen MR) is 71.5 cm³/mol. The van der Waals surface area contributed by atoms with Gasteiger partial charge in [0.05, 0.1) is 19.3 Å². The van der Waals surface area contributed by atoms with Gasteiger partial charge in [-0.25, -0.2) is 0 Å². The molecular formula is C15H20O3. The SMILES string of the molecule is CC(C)Oc1ccc(/C=C\CC2OCCO2)cc1. The highest BCUT2D eigenvalue weighted by Gasteiger charge is 2.13. The van der Waals surface area contributed by atoms with E-state index in [0.29, 0.717) is 13.2 Å². The summed E-state index contributed by atoms with van der Waals surface area (Å²) in [6.07, 6.45) is 5.09. The Morgan fingerprint density at radius 1 is 1.22 bits per heavy atom. The van der Waals surface area contributed by atoms with E-state index in [1.165, 1.54) is 0 Å². The second-order valence-corrected chi connectivity index (χ2v) is 4.54. The highest BCUT2D eigenvalue weighted by atomic mass is 16.7. The van der Waals surface area contributed by atoms with E-state index in [1.807, 2.05) is 38.1 Å². The summed E-state index contributed by atoms with van der Waals surface area (Å²) in [5.74, 6) is 0.907. The van der Waals surface area contributed by atoms with Gasteiger partial charge in [-0.1, -0.05) is 24.3 Å². The molecule has 1 aliphatic rings. The number of hydrogen-bond donors (Lipinski definition) is 0. The third-order valence-corrected chi connectivity index (χ3v) is 2.58. The molecule has 0 spiro atoms. The summed E-state index contributed by atoms with van der Waals surface area (Å²) in [5.41, 5.74) is 1.16. The molecular weight excluding hydrogens is 228 g/mol. The number of benzene rings is 1. The van der Waals surface area contributed by atoms with Gasteiger partial charge in [0.2, 0.25) is 0 Å². The first-order chi connectivity index (χ1) is 8.74. The van der Waals surface area contributed by atoms with Crippen molar-refractivity contribution in [1.82, 2.24) is 0 Å². The summed E-state index contributed by atoms with van der Waals surface area (Å²) in [7, 11) is 0. The Labute approximate surface area is 108 Å². The van der Waals surface area contributed by atoms with Crippen LogP contribution in [0.5, 0.6) is 5.75 Å². The normalized spacial score (nSPS) is 16.8. The first-order valence-electron chi connectivity index (χ1n) is 6.40. The minimum absolute atomic E-state index is 0.0650. The van der Waals surface area contributed by atoms with Crippen LogP contribution in [0.4, 0.5) is 0 Å². The van der Waals surface area contributed by atoms with Crippen LogP contribution in [0.2, 0.25) is 0 Å². The van der Waals surface area contributed by atoms with Crippen molar-refractivity contribution in [3.05, 3.63) is 35.9 Å². The second-order valence-electron chi connectivity index (χ2n) is 4.54. The summed E-state index contributed by atoms with van der Waals surface area (Å²) in [6, 6.07) is 8.07. The van der Waals surface area contributed by atoms with E-state index in [1.54, 1.807) is 0 Å². The van der Waals surface area contributed by atoms with Crippen LogP contribution < -0.4 is 4.74 Å². The lowest BCUT2D eigenvalue weighted by molar-refractivity contribution is -0.0379. The van der Waals surface area contributed by atoms with E-state index in [-0.39, 0.29) is 12.4 Å². The van der Waals surface area contributed by atoms with Gasteiger partial charge < -0.3 is 14.2 Å². The van der Waals surface area contributed by atoms with Crippen molar-refractivity contribution in [1.29, 1.82) is 0 Å². The van der Waals surface area contributed by atoms with Gasteiger partial charge in [0.1, 0.15) is 5.75 Å². The first kappa shape index (κ1) is 13.1. The Balaban J connectivity index is 1.83. The Morgan fingerprint density at radius 3 is 2.50 bits per heavy atom. The zero-order valence-electron chi connectivity index (χ0n) is 11.0. The van der Waals surface area contributed by atoms with Crippen molar-refractivity contribution in [3.8, 4) is 5.75 Å². The van der Waals surface area contributed by atoms with Crippen LogP contribution >= 0.6 is 0 Å². The molecule has 1 heterocycles. The molecule has 1 saturated heterocycles. The van der Waals surface area contributed by atoms with Crippen LogP contribution in [0.25, 0.3) is 6.08 Å². The highest BCUT2D eigenvalue weighted by Crippen LogP contribution is 2.15. The predicted octanol–water partition coefficient (Wildman–Crippen LogP) is 3.25. The van der Waals surface area contributed by atoms with Gasteiger partial charge >= 0.3 is 0 Å². The Morgan fingerprint density at radius 2 is 1.89 bits per heavy atom. The molecule has 2 rings (SSSR count). The number of rotatable bonds is 5. The van der Waals surface area contributed by atoms with Crippen molar-refractivity contribution in [2.24, 2.45) is 0 Å². The lowest BCUT2D eigenvalue weighted by atomic mass is 10.2. The molecule has 3 nitrogen and oxygen atoms in total. The van der Waals surface area contributed by atoms with Gasteiger partial charge in [-0.05, 0) is 31.5 Å². The highest BCUT2D eigenvalue weighted by molar-refractivity contribution is 5.50. The molecule has 0 aromatic heterocycles. The van der Waals surface area contributed by atoms with Gasteiger partial charge in [0.15, 0.2) is 6.29 Å². The van der Waals surface area contributed by atoms with Crippen molar-refractivity contribution >= 4 is 6.08 Å². The maximum atomic E-state index is 5.59. The standard InChI is InChI=1S/C15H20O3/c1-12(2)18-14-8-6-13(7-9-14)4-3-5-15-16-10-11-17-15/h3-4,6-9,12,15H,5,10-11H2,1-2H3/b4-3-. The number of ether oxygens (including phenoxy) is 3. The van der Waals surface area contributed by atoms with E-state index in [0.717, 1.165) is 17.7 Å². The average Bonchev–Trinajstić information content (AvgIpc) is 2.84. The van der Waals surface area contributed by atoms with Crippen LogP contribution in [0.15, 0.2) is 30.3 Å². The van der Waals surface area contributed by atoms with Gasteiger partial charge in [-0.2, -0.15) is 0 Å². The minimum atomic E-state index is -0.0650. The fourth-order valence-electron chi connectivity index (χ4n) is 1.79. The van der Waals surface area contributed by atoms with E-state index in [4.69, 9.17) is 14.2 Å². The van der Waals surface area contributed by atoms with Crippen LogP contribution in [-0.2, 0) is 9.47 Å². The molecule has 0 amide bonds. The number of hydrogen-bond acceptors (Lipinski definition) is 3. The van der Waals surface area contributed by atoms with Crippen molar-refractivity contribution < 1.29 is 14.2 Å². The molecule has 0 atom stereocenters. The van der Waals surface area contributed by atoms with Gasteiger partial charge in [-0.3, -0.25) is 0 Å². The monoisotopic (exact) mass is 248 g/mol. The van der Waals surface area contributed by atoms with E-state index < -0.39 is 0 Å². The summed E-state index contributed by atoms with van der Waals surface area (Å²) >= 11 is 0. The van der Waals surface area contributed by atoms with Crippen LogP contribution in [0, 0.1) is 0 Å². The van der Waals surface area contributed by atoms with Gasteiger partial charge in [0.25, 0.3) is 0 Å². The summed E-state index contributed by atoms with van der Waals surface area (Å²) in [4.78, 5) is 0.